The number of methoxy groups -OCH3 is 1. The van der Waals surface area contributed by atoms with Crippen LogP contribution in [-0.4, -0.2) is 22.0 Å². The molecule has 140 valence electrons. The first-order chi connectivity index (χ1) is 13.6. The molecule has 0 unspecified atom stereocenters. The largest absolute Gasteiger partial charge is 0.496 e. The Labute approximate surface area is 173 Å². The molecule has 0 aliphatic rings. The van der Waals surface area contributed by atoms with Gasteiger partial charge in [0, 0.05) is 23.3 Å². The summed E-state index contributed by atoms with van der Waals surface area (Å²) in [6, 6.07) is 18.2. The number of H-pyrrole nitrogens is 1. The summed E-state index contributed by atoms with van der Waals surface area (Å²) in [5.41, 5.74) is 2.86. The maximum atomic E-state index is 11.3. The van der Waals surface area contributed by atoms with Gasteiger partial charge in [-0.3, -0.25) is 10.1 Å². The molecule has 0 aliphatic carbocycles. The monoisotopic (exact) mass is 455 g/mol. The van der Waals surface area contributed by atoms with Crippen LogP contribution in [0.5, 0.6) is 5.75 Å². The van der Waals surface area contributed by atoms with Gasteiger partial charge in [0.15, 0.2) is 0 Å². The summed E-state index contributed by atoms with van der Waals surface area (Å²) in [6.07, 6.45) is 0. The second-order valence-electron chi connectivity index (χ2n) is 5.92. The first-order valence-corrected chi connectivity index (χ1v) is 9.91. The van der Waals surface area contributed by atoms with Gasteiger partial charge in [-0.05, 0) is 34.1 Å². The molecule has 0 spiro atoms. The fourth-order valence-electron chi connectivity index (χ4n) is 2.94. The lowest BCUT2D eigenvalue weighted by atomic mass is 10.0. The highest BCUT2D eigenvalue weighted by Crippen LogP contribution is 2.40. The lowest BCUT2D eigenvalue weighted by Crippen LogP contribution is -1.94. The van der Waals surface area contributed by atoms with Crippen molar-refractivity contribution in [2.75, 3.05) is 7.11 Å². The zero-order chi connectivity index (χ0) is 19.7. The van der Waals surface area contributed by atoms with E-state index in [9.17, 15) is 10.1 Å². The number of imidazole rings is 1. The molecular formula is C20H14BrN3O3S. The van der Waals surface area contributed by atoms with Crippen LogP contribution in [0.25, 0.3) is 33.2 Å². The Kier molecular flexibility index (Phi) is 4.97. The fraction of sp³-hybridized carbons (Fsp3) is 0.0500. The minimum atomic E-state index is -0.418. The number of nitro groups is 1. The third kappa shape index (κ3) is 3.44. The van der Waals surface area contributed by atoms with Crippen LogP contribution in [0.15, 0.2) is 64.5 Å². The van der Waals surface area contributed by atoms with E-state index < -0.39 is 4.92 Å². The van der Waals surface area contributed by atoms with Gasteiger partial charge in [-0.25, -0.2) is 4.98 Å². The highest BCUT2D eigenvalue weighted by molar-refractivity contribution is 9.11. The molecule has 0 radical (unpaired) electrons. The van der Waals surface area contributed by atoms with Crippen molar-refractivity contribution in [1.82, 2.24) is 9.97 Å². The molecule has 2 heterocycles. The summed E-state index contributed by atoms with van der Waals surface area (Å²) in [4.78, 5) is 20.0. The smallest absolute Gasteiger partial charge is 0.270 e. The first kappa shape index (κ1) is 18.4. The Morgan fingerprint density at radius 3 is 2.57 bits per heavy atom. The molecule has 2 aromatic heterocycles. The predicted molar refractivity (Wildman–Crippen MR) is 114 cm³/mol. The van der Waals surface area contributed by atoms with Gasteiger partial charge in [-0.15, -0.1) is 11.3 Å². The molecule has 0 saturated heterocycles. The van der Waals surface area contributed by atoms with Crippen LogP contribution in [0.2, 0.25) is 0 Å². The number of nitrogens with one attached hydrogen (secondary N) is 1. The minimum Gasteiger partial charge on any atom is -0.496 e. The zero-order valence-corrected chi connectivity index (χ0v) is 17.1. The molecular weight excluding hydrogens is 442 g/mol. The number of thiophene rings is 1. The number of non-ortho nitro benzene ring substituents is 1. The standard InChI is InChI=1S/C20H14BrN3O3S/c1-27-15-8-7-13(24(25)26)11-14(15)19-18(12-5-3-2-4-6-12)22-20(23-19)16-9-10-17(21)28-16/h2-11H,1H3,(H,22,23). The van der Waals surface area contributed by atoms with Crippen LogP contribution in [0, 0.1) is 10.1 Å². The van der Waals surface area contributed by atoms with Crippen LogP contribution in [0.3, 0.4) is 0 Å². The maximum Gasteiger partial charge on any atom is 0.270 e. The van der Waals surface area contributed by atoms with Gasteiger partial charge in [0.05, 0.1) is 32.1 Å². The van der Waals surface area contributed by atoms with Crippen LogP contribution < -0.4 is 4.74 Å². The average Bonchev–Trinajstić information content (AvgIpc) is 3.34. The van der Waals surface area contributed by atoms with Crippen molar-refractivity contribution >= 4 is 33.0 Å². The van der Waals surface area contributed by atoms with E-state index in [0.717, 1.165) is 14.2 Å². The van der Waals surface area contributed by atoms with Crippen molar-refractivity contribution in [3.8, 4) is 39.0 Å². The van der Waals surface area contributed by atoms with E-state index >= 15 is 0 Å². The van der Waals surface area contributed by atoms with Crippen molar-refractivity contribution in [1.29, 1.82) is 0 Å². The van der Waals surface area contributed by atoms with Crippen molar-refractivity contribution in [2.24, 2.45) is 0 Å². The normalized spacial score (nSPS) is 10.8. The Bertz CT molecular complexity index is 1150. The van der Waals surface area contributed by atoms with Gasteiger partial charge < -0.3 is 9.72 Å². The van der Waals surface area contributed by atoms with E-state index in [0.29, 0.717) is 28.5 Å². The molecule has 8 heteroatoms. The van der Waals surface area contributed by atoms with Crippen molar-refractivity contribution in [3.05, 3.63) is 74.6 Å². The number of hydrogen-bond donors (Lipinski definition) is 1. The molecule has 0 fully saturated rings. The van der Waals surface area contributed by atoms with Gasteiger partial charge in [-0.2, -0.15) is 0 Å². The summed E-state index contributed by atoms with van der Waals surface area (Å²) < 4.78 is 6.46. The lowest BCUT2D eigenvalue weighted by molar-refractivity contribution is -0.384. The third-order valence-corrected chi connectivity index (χ3v) is 5.85. The molecule has 4 rings (SSSR count). The van der Waals surface area contributed by atoms with E-state index in [1.165, 1.54) is 12.1 Å². The molecule has 0 saturated carbocycles. The summed E-state index contributed by atoms with van der Waals surface area (Å²) >= 11 is 5.03. The number of aromatic nitrogens is 2. The molecule has 0 atom stereocenters. The molecule has 6 nitrogen and oxygen atoms in total. The number of rotatable bonds is 5. The molecule has 0 aliphatic heterocycles. The molecule has 0 bridgehead atoms. The van der Waals surface area contributed by atoms with Gasteiger partial charge in [0.2, 0.25) is 0 Å². The summed E-state index contributed by atoms with van der Waals surface area (Å²) in [5.74, 6) is 1.23. The Hall–Kier alpha value is -2.97. The highest BCUT2D eigenvalue weighted by atomic mass is 79.9. The number of aromatic amines is 1. The van der Waals surface area contributed by atoms with E-state index in [1.54, 1.807) is 24.5 Å². The number of ether oxygens (including phenoxy) is 1. The van der Waals surface area contributed by atoms with E-state index in [2.05, 4.69) is 20.9 Å². The SMILES string of the molecule is COc1ccc([N+](=O)[O-])cc1-c1[nH]c(-c2ccc(Br)s2)nc1-c1ccccc1. The maximum absolute atomic E-state index is 11.3. The number of hydrogen-bond acceptors (Lipinski definition) is 5. The van der Waals surface area contributed by atoms with Crippen LogP contribution in [-0.2, 0) is 0 Å². The van der Waals surface area contributed by atoms with Crippen LogP contribution in [0.1, 0.15) is 0 Å². The average molecular weight is 456 g/mol. The minimum absolute atomic E-state index is 0.00942. The highest BCUT2D eigenvalue weighted by Gasteiger charge is 2.21. The molecule has 1 N–H and O–H groups in total. The van der Waals surface area contributed by atoms with Crippen molar-refractivity contribution < 1.29 is 9.66 Å². The molecule has 0 amide bonds. The van der Waals surface area contributed by atoms with Gasteiger partial charge in [0.1, 0.15) is 11.6 Å². The fourth-order valence-corrected chi connectivity index (χ4v) is 4.27. The molecule has 2 aromatic carbocycles. The lowest BCUT2D eigenvalue weighted by Gasteiger charge is -2.09. The van der Waals surface area contributed by atoms with Crippen molar-refractivity contribution in [2.45, 2.75) is 0 Å². The zero-order valence-electron chi connectivity index (χ0n) is 14.7. The second kappa shape index (κ2) is 7.57. The first-order valence-electron chi connectivity index (χ1n) is 8.30. The number of benzene rings is 2. The van der Waals surface area contributed by atoms with Gasteiger partial charge in [0.25, 0.3) is 5.69 Å². The topological polar surface area (TPSA) is 81.0 Å². The third-order valence-electron chi connectivity index (χ3n) is 4.22. The Morgan fingerprint density at radius 1 is 1.14 bits per heavy atom. The molecule has 4 aromatic rings. The van der Waals surface area contributed by atoms with E-state index in [4.69, 9.17) is 9.72 Å². The number of nitrogens with zero attached hydrogens (tertiary/aromatic N) is 2. The van der Waals surface area contributed by atoms with Crippen LogP contribution >= 0.6 is 27.3 Å². The van der Waals surface area contributed by atoms with E-state index in [1.807, 2.05) is 42.5 Å². The quantitative estimate of drug-likeness (QED) is 0.289. The predicted octanol–water partition coefficient (Wildman–Crippen LogP) is 6.15. The second-order valence-corrected chi connectivity index (χ2v) is 8.38. The molecule has 28 heavy (non-hydrogen) atoms. The summed E-state index contributed by atoms with van der Waals surface area (Å²) in [5, 5.41) is 11.3. The van der Waals surface area contributed by atoms with E-state index in [-0.39, 0.29) is 5.69 Å². The Balaban J connectivity index is 1.97. The summed E-state index contributed by atoms with van der Waals surface area (Å²) in [7, 11) is 1.54. The Morgan fingerprint density at radius 2 is 1.93 bits per heavy atom. The number of halogens is 1. The van der Waals surface area contributed by atoms with Crippen molar-refractivity contribution in [3.63, 3.8) is 0 Å². The van der Waals surface area contributed by atoms with Gasteiger partial charge >= 0.3 is 0 Å². The number of nitro benzene ring substituents is 1. The van der Waals surface area contributed by atoms with Gasteiger partial charge in [-0.1, -0.05) is 30.3 Å². The van der Waals surface area contributed by atoms with Crippen LogP contribution in [0.4, 0.5) is 5.69 Å². The summed E-state index contributed by atoms with van der Waals surface area (Å²) in [6.45, 7) is 0.